The highest BCUT2D eigenvalue weighted by Gasteiger charge is 2.10. The monoisotopic (exact) mass is 182 g/mol. The second-order valence-electron chi connectivity index (χ2n) is 3.23. The van der Waals surface area contributed by atoms with E-state index in [1.165, 1.54) is 22.9 Å². The standard InChI is InChI=1S/C10H14OS/c1-8(2)4-3-5-9-6-10(11)12-7-9/h4,6H,3,5,7H2,1-2H3. The third kappa shape index (κ3) is 3.26. The normalized spacial score (nSPS) is 16.2. The van der Waals surface area contributed by atoms with E-state index < -0.39 is 0 Å². The number of rotatable bonds is 3. The summed E-state index contributed by atoms with van der Waals surface area (Å²) in [5, 5.41) is 0.224. The molecular weight excluding hydrogens is 168 g/mol. The van der Waals surface area contributed by atoms with Gasteiger partial charge in [0.1, 0.15) is 0 Å². The molecule has 0 aromatic carbocycles. The highest BCUT2D eigenvalue weighted by atomic mass is 32.2. The number of hydrogen-bond acceptors (Lipinski definition) is 2. The summed E-state index contributed by atoms with van der Waals surface area (Å²) in [5.41, 5.74) is 2.65. The van der Waals surface area contributed by atoms with Crippen molar-refractivity contribution in [1.29, 1.82) is 0 Å². The lowest BCUT2D eigenvalue weighted by Gasteiger charge is -1.96. The third-order valence-electron chi connectivity index (χ3n) is 1.74. The van der Waals surface area contributed by atoms with E-state index in [1.807, 2.05) is 0 Å². The molecule has 0 radical (unpaired) electrons. The van der Waals surface area contributed by atoms with Gasteiger partial charge in [-0.2, -0.15) is 0 Å². The first kappa shape index (κ1) is 9.59. The van der Waals surface area contributed by atoms with Gasteiger partial charge in [0, 0.05) is 5.75 Å². The van der Waals surface area contributed by atoms with Gasteiger partial charge in [0.05, 0.1) is 0 Å². The van der Waals surface area contributed by atoms with Gasteiger partial charge in [-0.1, -0.05) is 29.0 Å². The SMILES string of the molecule is CC(C)=CCCC1=CC(=O)SC1. The van der Waals surface area contributed by atoms with Crippen LogP contribution in [0.5, 0.6) is 0 Å². The van der Waals surface area contributed by atoms with Crippen molar-refractivity contribution < 1.29 is 4.79 Å². The highest BCUT2D eigenvalue weighted by molar-refractivity contribution is 8.14. The molecule has 2 heteroatoms. The Labute approximate surface area is 77.9 Å². The summed E-state index contributed by atoms with van der Waals surface area (Å²) in [6.07, 6.45) is 6.11. The van der Waals surface area contributed by atoms with Crippen molar-refractivity contribution in [1.82, 2.24) is 0 Å². The average Bonchev–Trinajstić information content (AvgIpc) is 2.35. The molecule has 1 rings (SSSR count). The van der Waals surface area contributed by atoms with Gasteiger partial charge in [-0.3, -0.25) is 4.79 Å². The van der Waals surface area contributed by atoms with Gasteiger partial charge in [0.15, 0.2) is 0 Å². The quantitative estimate of drug-likeness (QED) is 0.624. The van der Waals surface area contributed by atoms with E-state index in [1.54, 1.807) is 6.08 Å². The minimum absolute atomic E-state index is 0.224. The molecular formula is C10H14OS. The van der Waals surface area contributed by atoms with Crippen molar-refractivity contribution in [2.75, 3.05) is 5.75 Å². The summed E-state index contributed by atoms with van der Waals surface area (Å²) in [6.45, 7) is 4.20. The predicted octanol–water partition coefficient (Wildman–Crippen LogP) is 2.93. The van der Waals surface area contributed by atoms with E-state index in [-0.39, 0.29) is 5.12 Å². The summed E-state index contributed by atoms with van der Waals surface area (Å²) in [6, 6.07) is 0. The zero-order chi connectivity index (χ0) is 8.97. The maximum Gasteiger partial charge on any atom is 0.212 e. The molecule has 1 aliphatic rings. The van der Waals surface area contributed by atoms with Gasteiger partial charge in [0.2, 0.25) is 5.12 Å². The van der Waals surface area contributed by atoms with Crippen molar-refractivity contribution in [3.8, 4) is 0 Å². The van der Waals surface area contributed by atoms with Crippen LogP contribution in [0.25, 0.3) is 0 Å². The maximum atomic E-state index is 10.8. The second kappa shape index (κ2) is 4.51. The summed E-state index contributed by atoms with van der Waals surface area (Å²) >= 11 is 1.41. The fourth-order valence-corrected chi connectivity index (χ4v) is 1.91. The van der Waals surface area contributed by atoms with Crippen molar-refractivity contribution in [3.05, 3.63) is 23.3 Å². The highest BCUT2D eigenvalue weighted by Crippen LogP contribution is 2.22. The average molecular weight is 182 g/mol. The van der Waals surface area contributed by atoms with Gasteiger partial charge in [0.25, 0.3) is 0 Å². The van der Waals surface area contributed by atoms with Gasteiger partial charge >= 0.3 is 0 Å². The molecule has 1 heterocycles. The summed E-state index contributed by atoms with van der Waals surface area (Å²) < 4.78 is 0. The molecule has 0 saturated heterocycles. The lowest BCUT2D eigenvalue weighted by Crippen LogP contribution is -1.81. The summed E-state index contributed by atoms with van der Waals surface area (Å²) in [5.74, 6) is 0.912. The van der Waals surface area contributed by atoms with E-state index in [9.17, 15) is 4.79 Å². The molecule has 0 saturated carbocycles. The second-order valence-corrected chi connectivity index (χ2v) is 4.21. The van der Waals surface area contributed by atoms with E-state index >= 15 is 0 Å². The first-order valence-electron chi connectivity index (χ1n) is 4.18. The predicted molar refractivity (Wildman–Crippen MR) is 54.2 cm³/mol. The van der Waals surface area contributed by atoms with Crippen LogP contribution in [0.1, 0.15) is 26.7 Å². The Kier molecular flexibility index (Phi) is 3.60. The molecule has 0 unspecified atom stereocenters. The minimum atomic E-state index is 0.224. The molecule has 0 aromatic rings. The van der Waals surface area contributed by atoms with Crippen molar-refractivity contribution in [2.24, 2.45) is 0 Å². The molecule has 0 fully saturated rings. The largest absolute Gasteiger partial charge is 0.282 e. The molecule has 0 aromatic heterocycles. The molecule has 66 valence electrons. The Hall–Kier alpha value is -0.500. The van der Waals surface area contributed by atoms with Gasteiger partial charge in [-0.15, -0.1) is 0 Å². The van der Waals surface area contributed by atoms with Crippen LogP contribution in [0.4, 0.5) is 0 Å². The number of thioether (sulfide) groups is 1. The molecule has 0 bridgehead atoms. The number of carbonyl (C=O) groups excluding carboxylic acids is 1. The first-order chi connectivity index (χ1) is 5.68. The Morgan fingerprint density at radius 2 is 2.42 bits per heavy atom. The van der Waals surface area contributed by atoms with Crippen LogP contribution in [0.2, 0.25) is 0 Å². The van der Waals surface area contributed by atoms with E-state index in [0.717, 1.165) is 18.6 Å². The smallest absolute Gasteiger partial charge is 0.212 e. The fourth-order valence-electron chi connectivity index (χ4n) is 1.10. The Morgan fingerprint density at radius 3 is 2.92 bits per heavy atom. The zero-order valence-electron chi connectivity index (χ0n) is 7.59. The van der Waals surface area contributed by atoms with Crippen LogP contribution in [0.15, 0.2) is 23.3 Å². The van der Waals surface area contributed by atoms with Crippen LogP contribution in [0.3, 0.4) is 0 Å². The lowest BCUT2D eigenvalue weighted by molar-refractivity contribution is -0.106. The molecule has 0 aliphatic carbocycles. The molecule has 12 heavy (non-hydrogen) atoms. The van der Waals surface area contributed by atoms with Crippen LogP contribution >= 0.6 is 11.8 Å². The number of allylic oxidation sites excluding steroid dienone is 2. The molecule has 1 nitrogen and oxygen atoms in total. The van der Waals surface area contributed by atoms with Crippen LogP contribution < -0.4 is 0 Å². The fraction of sp³-hybridized carbons (Fsp3) is 0.500. The Balaban J connectivity index is 2.29. The lowest BCUT2D eigenvalue weighted by atomic mass is 10.1. The molecule has 0 atom stereocenters. The minimum Gasteiger partial charge on any atom is -0.282 e. The Morgan fingerprint density at radius 1 is 1.67 bits per heavy atom. The van der Waals surface area contributed by atoms with Crippen LogP contribution in [0, 0.1) is 0 Å². The topological polar surface area (TPSA) is 17.1 Å². The van der Waals surface area contributed by atoms with Crippen LogP contribution in [-0.4, -0.2) is 10.9 Å². The molecule has 0 N–H and O–H groups in total. The maximum absolute atomic E-state index is 10.8. The van der Waals surface area contributed by atoms with E-state index in [0.29, 0.717) is 0 Å². The van der Waals surface area contributed by atoms with Crippen molar-refractivity contribution >= 4 is 16.9 Å². The number of hydrogen-bond donors (Lipinski definition) is 0. The van der Waals surface area contributed by atoms with Crippen LogP contribution in [-0.2, 0) is 4.79 Å². The van der Waals surface area contributed by atoms with Gasteiger partial charge < -0.3 is 0 Å². The number of carbonyl (C=O) groups is 1. The Bertz CT molecular complexity index is 234. The molecule has 0 amide bonds. The zero-order valence-corrected chi connectivity index (χ0v) is 8.41. The van der Waals surface area contributed by atoms with Gasteiger partial charge in [-0.25, -0.2) is 0 Å². The molecule has 0 spiro atoms. The van der Waals surface area contributed by atoms with Gasteiger partial charge in [-0.05, 0) is 32.8 Å². The summed E-state index contributed by atoms with van der Waals surface area (Å²) in [4.78, 5) is 10.8. The first-order valence-corrected chi connectivity index (χ1v) is 5.16. The van der Waals surface area contributed by atoms with Crippen molar-refractivity contribution in [2.45, 2.75) is 26.7 Å². The van der Waals surface area contributed by atoms with Crippen molar-refractivity contribution in [3.63, 3.8) is 0 Å². The van der Waals surface area contributed by atoms with E-state index in [2.05, 4.69) is 19.9 Å². The summed E-state index contributed by atoms with van der Waals surface area (Å²) in [7, 11) is 0. The molecule has 1 aliphatic heterocycles. The third-order valence-corrected chi connectivity index (χ3v) is 2.66. The van der Waals surface area contributed by atoms with E-state index in [4.69, 9.17) is 0 Å².